The average molecular weight is 588 g/mol. The first kappa shape index (κ1) is 32.5. The predicted octanol–water partition coefficient (Wildman–Crippen LogP) is 8.23. The minimum Gasteiger partial charge on any atom is -0.494 e. The summed E-state index contributed by atoms with van der Waals surface area (Å²) in [4.78, 5) is 0. The summed E-state index contributed by atoms with van der Waals surface area (Å²) in [6.45, 7) is 2.04. The van der Waals surface area contributed by atoms with Gasteiger partial charge in [-0.2, -0.15) is 57.1 Å². The third-order valence-electron chi connectivity index (χ3n) is 5.83. The monoisotopic (exact) mass is 588 g/mol. The second-order valence-electron chi connectivity index (χ2n) is 8.63. The Bertz CT molecular complexity index is 1080. The van der Waals surface area contributed by atoms with Crippen LogP contribution < -0.4 is 4.74 Å². The maximum Gasteiger partial charge on any atom is 0.460 e. The molecule has 15 heteroatoms. The fourth-order valence-corrected chi connectivity index (χ4v) is 3.48. The van der Waals surface area contributed by atoms with Gasteiger partial charge in [0.15, 0.2) is 0 Å². The summed E-state index contributed by atoms with van der Waals surface area (Å²) in [5, 5.41) is 11.1. The van der Waals surface area contributed by atoms with Crippen molar-refractivity contribution in [1.29, 1.82) is 0 Å². The Labute approximate surface area is 213 Å². The van der Waals surface area contributed by atoms with Gasteiger partial charge in [0, 0.05) is 0 Å². The Balaban J connectivity index is 2.59. The van der Waals surface area contributed by atoms with Crippen LogP contribution in [0.2, 0.25) is 0 Å². The Morgan fingerprint density at radius 1 is 0.615 bits per heavy atom. The Kier molecular flexibility index (Phi) is 8.91. The highest BCUT2D eigenvalue weighted by molar-refractivity contribution is 5.39. The summed E-state index contributed by atoms with van der Waals surface area (Å²) >= 11 is 0. The molecule has 1 atom stereocenters. The zero-order chi connectivity index (χ0) is 30.1. The van der Waals surface area contributed by atoms with Crippen molar-refractivity contribution in [3.05, 3.63) is 65.7 Å². The van der Waals surface area contributed by atoms with E-state index in [2.05, 4.69) is 0 Å². The van der Waals surface area contributed by atoms with Crippen molar-refractivity contribution in [3.63, 3.8) is 0 Å². The van der Waals surface area contributed by atoms with Crippen molar-refractivity contribution >= 4 is 0 Å². The van der Waals surface area contributed by atoms with E-state index in [0.29, 0.717) is 6.42 Å². The maximum atomic E-state index is 14.8. The lowest BCUT2D eigenvalue weighted by Crippen LogP contribution is -2.70. The van der Waals surface area contributed by atoms with Crippen LogP contribution in [0.25, 0.3) is 0 Å². The molecule has 39 heavy (non-hydrogen) atoms. The number of halogens is 13. The van der Waals surface area contributed by atoms with E-state index >= 15 is 0 Å². The number of alkyl halides is 13. The molecule has 2 rings (SSSR count). The molecule has 0 aliphatic heterocycles. The van der Waals surface area contributed by atoms with E-state index in [-0.39, 0.29) is 12.4 Å². The minimum absolute atomic E-state index is 0.111. The van der Waals surface area contributed by atoms with Gasteiger partial charge in [0.2, 0.25) is 0 Å². The normalized spacial score (nSPS) is 15.7. The molecule has 0 aliphatic carbocycles. The fraction of sp³-hybridized carbons (Fsp3) is 0.500. The van der Waals surface area contributed by atoms with E-state index in [1.165, 1.54) is 6.07 Å². The summed E-state index contributed by atoms with van der Waals surface area (Å²) in [7, 11) is 0. The topological polar surface area (TPSA) is 29.5 Å². The van der Waals surface area contributed by atoms with Gasteiger partial charge in [-0.05, 0) is 29.7 Å². The van der Waals surface area contributed by atoms with Crippen LogP contribution >= 0.6 is 0 Å². The highest BCUT2D eigenvalue weighted by atomic mass is 19.4. The van der Waals surface area contributed by atoms with E-state index < -0.39 is 58.9 Å². The minimum atomic E-state index is -8.02. The molecule has 0 aromatic heterocycles. The lowest BCUT2D eigenvalue weighted by molar-refractivity contribution is -0.441. The number of rotatable bonds is 12. The zero-order valence-corrected chi connectivity index (χ0v) is 19.8. The average Bonchev–Trinajstić information content (AvgIpc) is 2.83. The molecule has 220 valence electrons. The second kappa shape index (κ2) is 10.7. The van der Waals surface area contributed by atoms with Crippen LogP contribution in [0, 0.1) is 0 Å². The smallest absolute Gasteiger partial charge is 0.460 e. The molecule has 1 unspecified atom stereocenters. The summed E-state index contributed by atoms with van der Waals surface area (Å²) in [6.07, 6.45) is -9.00. The molecule has 0 spiro atoms. The van der Waals surface area contributed by atoms with Gasteiger partial charge in [-0.1, -0.05) is 55.8 Å². The van der Waals surface area contributed by atoms with Crippen molar-refractivity contribution in [2.75, 3.05) is 6.61 Å². The van der Waals surface area contributed by atoms with Crippen molar-refractivity contribution in [1.82, 2.24) is 0 Å². The molecule has 2 aromatic carbocycles. The van der Waals surface area contributed by atoms with Crippen LogP contribution in [0.15, 0.2) is 54.6 Å². The lowest BCUT2D eigenvalue weighted by Gasteiger charge is -2.42. The van der Waals surface area contributed by atoms with Crippen LogP contribution in [-0.4, -0.2) is 47.5 Å². The molecular formula is C24H21F13O2. The number of benzene rings is 2. The van der Waals surface area contributed by atoms with Gasteiger partial charge < -0.3 is 9.84 Å². The molecule has 0 radical (unpaired) electrons. The van der Waals surface area contributed by atoms with E-state index in [1.807, 2.05) is 6.92 Å². The summed E-state index contributed by atoms with van der Waals surface area (Å²) in [5.41, 5.74) is -4.66. The van der Waals surface area contributed by atoms with Crippen LogP contribution in [0.4, 0.5) is 57.1 Å². The Hall–Kier alpha value is -2.71. The SMILES string of the molecule is CCCCOc1ccc(C(O)(CC(F)(F)C(F)(F)C(F)(F)C(F)(F)C(F)(F)C(F)(F)F)c2ccccc2)cc1. The number of unbranched alkanes of at least 4 members (excludes halogenated alkanes) is 1. The highest BCUT2D eigenvalue weighted by Crippen LogP contribution is 2.61. The predicted molar refractivity (Wildman–Crippen MR) is 112 cm³/mol. The zero-order valence-electron chi connectivity index (χ0n) is 19.8. The molecule has 0 fully saturated rings. The first-order chi connectivity index (χ1) is 17.6. The van der Waals surface area contributed by atoms with Crippen LogP contribution in [0.3, 0.4) is 0 Å². The molecule has 0 amide bonds. The Morgan fingerprint density at radius 2 is 1.08 bits per heavy atom. The Morgan fingerprint density at radius 3 is 1.54 bits per heavy atom. The molecule has 2 aromatic rings. The molecule has 1 N–H and O–H groups in total. The van der Waals surface area contributed by atoms with Crippen LogP contribution in [0.5, 0.6) is 5.75 Å². The number of hydrogen-bond acceptors (Lipinski definition) is 2. The van der Waals surface area contributed by atoms with Crippen molar-refractivity contribution in [2.45, 2.75) is 67.6 Å². The van der Waals surface area contributed by atoms with Crippen molar-refractivity contribution in [2.24, 2.45) is 0 Å². The van der Waals surface area contributed by atoms with Crippen molar-refractivity contribution < 1.29 is 66.9 Å². The molecule has 0 heterocycles. The van der Waals surface area contributed by atoms with Gasteiger partial charge in [-0.25, -0.2) is 0 Å². The molecule has 0 aliphatic rings. The molecule has 0 bridgehead atoms. The molecule has 0 saturated carbocycles. The summed E-state index contributed by atoms with van der Waals surface area (Å²) in [5.74, 6) is -37.7. The molecule has 2 nitrogen and oxygen atoms in total. The standard InChI is InChI=1S/C24H21F13O2/c1-2-3-13-39-17-11-9-16(10-12-17)18(38,15-7-5-4-6-8-15)14-19(25,26)20(27,28)21(29,30)22(31,32)23(33,34)24(35,36)37/h4-12,38H,2-3,13-14H2,1H3. The van der Waals surface area contributed by atoms with Gasteiger partial charge in [-0.3, -0.25) is 0 Å². The van der Waals surface area contributed by atoms with E-state index in [0.717, 1.165) is 55.0 Å². The van der Waals surface area contributed by atoms with Crippen molar-refractivity contribution in [3.8, 4) is 5.75 Å². The third kappa shape index (κ3) is 5.64. The number of aliphatic hydroxyl groups is 1. The van der Waals surface area contributed by atoms with E-state index in [9.17, 15) is 62.2 Å². The lowest BCUT2D eigenvalue weighted by atomic mass is 9.79. The quantitative estimate of drug-likeness (QED) is 0.200. The van der Waals surface area contributed by atoms with Gasteiger partial charge in [0.25, 0.3) is 0 Å². The largest absolute Gasteiger partial charge is 0.494 e. The number of ether oxygens (including phenoxy) is 1. The van der Waals surface area contributed by atoms with Crippen LogP contribution in [-0.2, 0) is 5.60 Å². The second-order valence-corrected chi connectivity index (χ2v) is 8.63. The molecular weight excluding hydrogens is 567 g/mol. The first-order valence-corrected chi connectivity index (χ1v) is 11.1. The van der Waals surface area contributed by atoms with Gasteiger partial charge in [0.05, 0.1) is 13.0 Å². The highest BCUT2D eigenvalue weighted by Gasteiger charge is 2.90. The summed E-state index contributed by atoms with van der Waals surface area (Å²) in [6, 6.07) is 9.14. The van der Waals surface area contributed by atoms with Gasteiger partial charge in [-0.15, -0.1) is 0 Å². The summed E-state index contributed by atoms with van der Waals surface area (Å²) < 4.78 is 182. The maximum absolute atomic E-state index is 14.8. The fourth-order valence-electron chi connectivity index (χ4n) is 3.48. The van der Waals surface area contributed by atoms with Crippen LogP contribution in [0.1, 0.15) is 37.3 Å². The van der Waals surface area contributed by atoms with E-state index in [1.54, 1.807) is 0 Å². The third-order valence-corrected chi connectivity index (χ3v) is 5.83. The van der Waals surface area contributed by atoms with Gasteiger partial charge >= 0.3 is 35.8 Å². The molecule has 0 saturated heterocycles. The van der Waals surface area contributed by atoms with Gasteiger partial charge in [0.1, 0.15) is 11.4 Å². The van der Waals surface area contributed by atoms with E-state index in [4.69, 9.17) is 4.74 Å². The number of hydrogen-bond donors (Lipinski definition) is 1. The first-order valence-electron chi connectivity index (χ1n) is 11.1.